The Morgan fingerprint density at radius 1 is 1.42 bits per heavy atom. The molecule has 2 rings (SSSR count). The van der Waals surface area contributed by atoms with Crippen molar-refractivity contribution in [3.05, 3.63) is 48.2 Å². The van der Waals surface area contributed by atoms with Gasteiger partial charge in [-0.1, -0.05) is 13.0 Å². The van der Waals surface area contributed by atoms with Crippen molar-refractivity contribution in [1.82, 2.24) is 15.0 Å². The van der Waals surface area contributed by atoms with Crippen LogP contribution in [-0.4, -0.2) is 26.0 Å². The van der Waals surface area contributed by atoms with E-state index in [2.05, 4.69) is 20.3 Å². The summed E-state index contributed by atoms with van der Waals surface area (Å²) in [6.07, 6.45) is 5.07. The maximum Gasteiger partial charge on any atom is 0.341 e. The van der Waals surface area contributed by atoms with Gasteiger partial charge in [-0.3, -0.25) is 4.98 Å². The summed E-state index contributed by atoms with van der Waals surface area (Å²) < 4.78 is 0. The molecule has 0 aliphatic rings. The summed E-state index contributed by atoms with van der Waals surface area (Å²) >= 11 is 0. The molecule has 0 aromatic carbocycles. The van der Waals surface area contributed by atoms with E-state index in [1.54, 1.807) is 6.20 Å². The molecule has 0 saturated carbocycles. The van der Waals surface area contributed by atoms with Crippen LogP contribution in [0.2, 0.25) is 0 Å². The highest BCUT2D eigenvalue weighted by Gasteiger charge is 2.16. The Bertz CT molecular complexity index is 560. The van der Waals surface area contributed by atoms with Crippen molar-refractivity contribution in [2.24, 2.45) is 0 Å². The first kappa shape index (κ1) is 12.9. The zero-order valence-corrected chi connectivity index (χ0v) is 10.4. The first-order chi connectivity index (χ1) is 9.22. The van der Waals surface area contributed by atoms with Crippen LogP contribution in [-0.2, 0) is 0 Å². The number of carbonyl (C=O) groups is 1. The Balaban J connectivity index is 2.27. The third-order valence-electron chi connectivity index (χ3n) is 2.71. The van der Waals surface area contributed by atoms with Crippen molar-refractivity contribution < 1.29 is 9.90 Å². The van der Waals surface area contributed by atoms with Gasteiger partial charge in [-0.15, -0.1) is 0 Å². The lowest BCUT2D eigenvalue weighted by Crippen LogP contribution is -2.15. The van der Waals surface area contributed by atoms with Crippen LogP contribution in [0.15, 0.2) is 36.9 Å². The van der Waals surface area contributed by atoms with Gasteiger partial charge in [0, 0.05) is 12.4 Å². The molecule has 98 valence electrons. The van der Waals surface area contributed by atoms with E-state index in [1.807, 2.05) is 25.1 Å². The second-order valence-corrected chi connectivity index (χ2v) is 3.95. The molecule has 0 saturated heterocycles. The van der Waals surface area contributed by atoms with Crippen LogP contribution in [0.25, 0.3) is 0 Å². The first-order valence-electron chi connectivity index (χ1n) is 5.93. The van der Waals surface area contributed by atoms with Crippen molar-refractivity contribution in [3.8, 4) is 0 Å². The van der Waals surface area contributed by atoms with Crippen LogP contribution in [0.5, 0.6) is 0 Å². The molecule has 6 heteroatoms. The molecule has 0 aliphatic heterocycles. The molecule has 0 aliphatic carbocycles. The fraction of sp³-hybridized carbons (Fsp3) is 0.231. The van der Waals surface area contributed by atoms with E-state index in [1.165, 1.54) is 12.5 Å². The van der Waals surface area contributed by atoms with E-state index in [0.717, 1.165) is 12.1 Å². The van der Waals surface area contributed by atoms with Gasteiger partial charge in [-0.25, -0.2) is 14.8 Å². The van der Waals surface area contributed by atoms with E-state index < -0.39 is 5.97 Å². The number of nitrogens with zero attached hydrogens (tertiary/aromatic N) is 3. The smallest absolute Gasteiger partial charge is 0.341 e. The second kappa shape index (κ2) is 5.90. The van der Waals surface area contributed by atoms with Crippen LogP contribution in [0.4, 0.5) is 5.82 Å². The Morgan fingerprint density at radius 2 is 2.26 bits per heavy atom. The number of aromatic nitrogens is 3. The minimum Gasteiger partial charge on any atom is -0.477 e. The van der Waals surface area contributed by atoms with Gasteiger partial charge in [0.15, 0.2) is 0 Å². The van der Waals surface area contributed by atoms with Gasteiger partial charge < -0.3 is 10.4 Å². The highest BCUT2D eigenvalue weighted by molar-refractivity contribution is 5.92. The molecule has 2 aromatic heterocycles. The molecule has 0 unspecified atom stereocenters. The van der Waals surface area contributed by atoms with Crippen molar-refractivity contribution >= 4 is 11.8 Å². The summed E-state index contributed by atoms with van der Waals surface area (Å²) in [5, 5.41) is 12.2. The molecule has 2 N–H and O–H groups in total. The summed E-state index contributed by atoms with van der Waals surface area (Å²) in [5.41, 5.74) is 0.900. The number of nitrogens with one attached hydrogen (secondary N) is 1. The fourth-order valence-electron chi connectivity index (χ4n) is 1.73. The average molecular weight is 258 g/mol. The lowest BCUT2D eigenvalue weighted by atomic mass is 10.1. The van der Waals surface area contributed by atoms with Crippen LogP contribution in [0.1, 0.15) is 35.4 Å². The number of carboxylic acid groups (broad SMARTS) is 1. The van der Waals surface area contributed by atoms with Crippen molar-refractivity contribution in [3.63, 3.8) is 0 Å². The molecule has 2 heterocycles. The van der Waals surface area contributed by atoms with Crippen molar-refractivity contribution in [2.45, 2.75) is 19.4 Å². The van der Waals surface area contributed by atoms with E-state index in [0.29, 0.717) is 5.82 Å². The topological polar surface area (TPSA) is 88.0 Å². The predicted molar refractivity (Wildman–Crippen MR) is 69.9 cm³/mol. The van der Waals surface area contributed by atoms with Gasteiger partial charge in [0.25, 0.3) is 0 Å². The maximum absolute atomic E-state index is 11.1. The number of carboxylic acids is 1. The number of pyridine rings is 1. The van der Waals surface area contributed by atoms with Crippen LogP contribution in [0, 0.1) is 0 Å². The third-order valence-corrected chi connectivity index (χ3v) is 2.71. The highest BCUT2D eigenvalue weighted by atomic mass is 16.4. The molecule has 0 fully saturated rings. The molecule has 6 nitrogen and oxygen atoms in total. The lowest BCUT2D eigenvalue weighted by molar-refractivity contribution is 0.0697. The van der Waals surface area contributed by atoms with E-state index >= 15 is 0 Å². The van der Waals surface area contributed by atoms with Gasteiger partial charge in [0.05, 0.1) is 11.7 Å². The number of hydrogen-bond donors (Lipinski definition) is 2. The van der Waals surface area contributed by atoms with Crippen molar-refractivity contribution in [1.29, 1.82) is 0 Å². The maximum atomic E-state index is 11.1. The lowest BCUT2D eigenvalue weighted by Gasteiger charge is -2.17. The standard InChI is InChI=1S/C13H14N4O2/c1-2-10(11-5-3-4-6-15-11)17-12-9(13(18)19)7-14-8-16-12/h3-8,10H,2H2,1H3,(H,18,19)(H,14,16,17)/t10-/m1/s1. The normalized spacial score (nSPS) is 11.8. The molecule has 0 spiro atoms. The molecule has 0 amide bonds. The molecule has 0 radical (unpaired) electrons. The van der Waals surface area contributed by atoms with Crippen LogP contribution in [0.3, 0.4) is 0 Å². The highest BCUT2D eigenvalue weighted by Crippen LogP contribution is 2.21. The fourth-order valence-corrected chi connectivity index (χ4v) is 1.73. The minimum absolute atomic E-state index is 0.0527. The van der Waals surface area contributed by atoms with Gasteiger partial charge in [0.2, 0.25) is 0 Å². The zero-order chi connectivity index (χ0) is 13.7. The molecule has 2 aromatic rings. The molecular formula is C13H14N4O2. The summed E-state index contributed by atoms with van der Waals surface area (Å²) in [7, 11) is 0. The largest absolute Gasteiger partial charge is 0.477 e. The van der Waals surface area contributed by atoms with Crippen LogP contribution >= 0.6 is 0 Å². The van der Waals surface area contributed by atoms with Gasteiger partial charge in [-0.05, 0) is 18.6 Å². The molecule has 0 bridgehead atoms. The van der Waals surface area contributed by atoms with Gasteiger partial charge >= 0.3 is 5.97 Å². The van der Waals surface area contributed by atoms with E-state index in [-0.39, 0.29) is 11.6 Å². The quantitative estimate of drug-likeness (QED) is 0.854. The first-order valence-corrected chi connectivity index (χ1v) is 5.93. The van der Waals surface area contributed by atoms with E-state index in [9.17, 15) is 4.79 Å². The summed E-state index contributed by atoms with van der Waals surface area (Å²) in [6.45, 7) is 1.99. The Kier molecular flexibility index (Phi) is 4.02. The minimum atomic E-state index is -1.06. The van der Waals surface area contributed by atoms with Gasteiger partial charge in [-0.2, -0.15) is 0 Å². The number of anilines is 1. The summed E-state index contributed by atoms with van der Waals surface area (Å²) in [6, 6.07) is 5.53. The van der Waals surface area contributed by atoms with E-state index in [4.69, 9.17) is 5.11 Å². The monoisotopic (exact) mass is 258 g/mol. The van der Waals surface area contributed by atoms with Crippen LogP contribution < -0.4 is 5.32 Å². The predicted octanol–water partition coefficient (Wildman–Crippen LogP) is 2.13. The SMILES string of the molecule is CC[C@@H](Nc1ncncc1C(=O)O)c1ccccn1. The summed E-state index contributed by atoms with van der Waals surface area (Å²) in [5.74, 6) is -0.751. The molecule has 19 heavy (non-hydrogen) atoms. The molecular weight excluding hydrogens is 244 g/mol. The number of rotatable bonds is 5. The Hall–Kier alpha value is -2.50. The number of hydrogen-bond acceptors (Lipinski definition) is 5. The van der Waals surface area contributed by atoms with Gasteiger partial charge in [0.1, 0.15) is 17.7 Å². The second-order valence-electron chi connectivity index (χ2n) is 3.95. The number of aromatic carboxylic acids is 1. The zero-order valence-electron chi connectivity index (χ0n) is 10.4. The molecule has 1 atom stereocenters. The Labute approximate surface area is 110 Å². The Morgan fingerprint density at radius 3 is 2.89 bits per heavy atom. The summed E-state index contributed by atoms with van der Waals surface area (Å²) in [4.78, 5) is 23.1. The third kappa shape index (κ3) is 3.04. The average Bonchev–Trinajstić information content (AvgIpc) is 2.46. The van der Waals surface area contributed by atoms with Crippen molar-refractivity contribution in [2.75, 3.05) is 5.32 Å².